The Morgan fingerprint density at radius 3 is 2.84 bits per heavy atom. The van der Waals surface area contributed by atoms with Crippen LogP contribution in [0.2, 0.25) is 5.28 Å². The van der Waals surface area contributed by atoms with E-state index in [9.17, 15) is 4.21 Å². The summed E-state index contributed by atoms with van der Waals surface area (Å²) in [5.41, 5.74) is 0. The Morgan fingerprint density at radius 2 is 2.16 bits per heavy atom. The predicted molar refractivity (Wildman–Crippen MR) is 74.5 cm³/mol. The lowest BCUT2D eigenvalue weighted by molar-refractivity contribution is 0.122. The molecule has 1 aliphatic rings. The van der Waals surface area contributed by atoms with Crippen molar-refractivity contribution in [3.63, 3.8) is 0 Å². The van der Waals surface area contributed by atoms with Crippen LogP contribution >= 0.6 is 22.9 Å². The van der Waals surface area contributed by atoms with Crippen molar-refractivity contribution in [1.29, 1.82) is 0 Å². The second kappa shape index (κ2) is 5.29. The SMILES string of the molecule is O=S(O)c1cc2c(N3CCOCC3)nc(Cl)nc2s1. The topological polar surface area (TPSA) is 75.5 Å². The van der Waals surface area contributed by atoms with Crippen LogP contribution in [-0.4, -0.2) is 45.0 Å². The Labute approximate surface area is 120 Å². The molecule has 1 saturated heterocycles. The number of halogens is 1. The molecule has 0 aliphatic carbocycles. The first-order valence-corrected chi connectivity index (χ1v) is 7.86. The second-order valence-corrected chi connectivity index (χ2v) is 6.51. The summed E-state index contributed by atoms with van der Waals surface area (Å²) in [4.78, 5) is 11.0. The van der Waals surface area contributed by atoms with Gasteiger partial charge in [0.1, 0.15) is 14.9 Å². The van der Waals surface area contributed by atoms with E-state index >= 15 is 0 Å². The van der Waals surface area contributed by atoms with Crippen molar-refractivity contribution >= 4 is 50.1 Å². The highest BCUT2D eigenvalue weighted by Crippen LogP contribution is 2.33. The Hall–Kier alpha value is -0.800. The number of aromatic nitrogens is 2. The van der Waals surface area contributed by atoms with Crippen LogP contribution in [0.4, 0.5) is 5.82 Å². The van der Waals surface area contributed by atoms with Crippen molar-refractivity contribution in [2.75, 3.05) is 31.2 Å². The molecule has 1 fully saturated rings. The van der Waals surface area contributed by atoms with Crippen molar-refractivity contribution in [3.8, 4) is 0 Å². The molecule has 1 N–H and O–H groups in total. The largest absolute Gasteiger partial charge is 0.378 e. The van der Waals surface area contributed by atoms with E-state index in [0.29, 0.717) is 28.1 Å². The summed E-state index contributed by atoms with van der Waals surface area (Å²) >= 11 is 5.06. The van der Waals surface area contributed by atoms with Gasteiger partial charge >= 0.3 is 0 Å². The zero-order valence-corrected chi connectivity index (χ0v) is 12.1. The Morgan fingerprint density at radius 1 is 1.42 bits per heavy atom. The third-order valence-electron chi connectivity index (χ3n) is 2.81. The molecule has 1 aliphatic heterocycles. The van der Waals surface area contributed by atoms with Crippen molar-refractivity contribution in [2.24, 2.45) is 0 Å². The normalized spacial score (nSPS) is 17.9. The highest BCUT2D eigenvalue weighted by molar-refractivity contribution is 7.82. The molecule has 1 atom stereocenters. The fraction of sp³-hybridized carbons (Fsp3) is 0.400. The standard InChI is InChI=1S/C10H10ClN3O3S2/c11-10-12-8(14-1-3-17-4-2-14)6-5-7(19(15)16)18-9(6)13-10/h5H,1-4H2,(H,15,16). The smallest absolute Gasteiger partial charge is 0.225 e. The summed E-state index contributed by atoms with van der Waals surface area (Å²) in [6, 6.07) is 1.65. The first-order chi connectivity index (χ1) is 9.15. The van der Waals surface area contributed by atoms with Crippen LogP contribution in [0, 0.1) is 0 Å². The lowest BCUT2D eigenvalue weighted by Crippen LogP contribution is -2.36. The third-order valence-corrected chi connectivity index (χ3v) is 4.94. The highest BCUT2D eigenvalue weighted by Gasteiger charge is 2.19. The Balaban J connectivity index is 2.13. The molecule has 102 valence electrons. The Kier molecular flexibility index (Phi) is 3.68. The van der Waals surface area contributed by atoms with Gasteiger partial charge in [0, 0.05) is 13.1 Å². The van der Waals surface area contributed by atoms with E-state index < -0.39 is 11.1 Å². The molecule has 0 amide bonds. The van der Waals surface area contributed by atoms with Gasteiger partial charge in [-0.3, -0.25) is 0 Å². The minimum Gasteiger partial charge on any atom is -0.378 e. The summed E-state index contributed by atoms with van der Waals surface area (Å²) in [7, 11) is 0. The van der Waals surface area contributed by atoms with Gasteiger partial charge in [0.25, 0.3) is 0 Å². The predicted octanol–water partition coefficient (Wildman–Crippen LogP) is 1.76. The van der Waals surface area contributed by atoms with Crippen LogP contribution in [0.15, 0.2) is 10.3 Å². The van der Waals surface area contributed by atoms with Gasteiger partial charge in [-0.15, -0.1) is 11.3 Å². The van der Waals surface area contributed by atoms with Crippen molar-refractivity contribution in [3.05, 3.63) is 11.3 Å². The average molecular weight is 320 g/mol. The minimum atomic E-state index is -2.02. The molecule has 2 aromatic rings. The zero-order chi connectivity index (χ0) is 13.4. The molecule has 1 unspecified atom stereocenters. The van der Waals surface area contributed by atoms with Gasteiger partial charge in [0.2, 0.25) is 5.28 Å². The summed E-state index contributed by atoms with van der Waals surface area (Å²) in [5.74, 6) is 0.700. The third kappa shape index (κ3) is 2.59. The maximum atomic E-state index is 11.1. The molecule has 0 saturated carbocycles. The van der Waals surface area contributed by atoms with Gasteiger partial charge in [0.15, 0.2) is 11.1 Å². The maximum absolute atomic E-state index is 11.1. The van der Waals surface area contributed by atoms with E-state index in [2.05, 4.69) is 14.9 Å². The second-order valence-electron chi connectivity index (χ2n) is 3.95. The zero-order valence-electron chi connectivity index (χ0n) is 9.71. The van der Waals surface area contributed by atoms with Crippen LogP contribution in [0.1, 0.15) is 0 Å². The van der Waals surface area contributed by atoms with Crippen LogP contribution in [-0.2, 0) is 15.8 Å². The first kappa shape index (κ1) is 13.2. The number of morpholine rings is 1. The molecule has 0 radical (unpaired) electrons. The van der Waals surface area contributed by atoms with E-state index in [1.807, 2.05) is 0 Å². The van der Waals surface area contributed by atoms with Crippen LogP contribution in [0.25, 0.3) is 10.2 Å². The number of rotatable bonds is 2. The number of thiophene rings is 1. The quantitative estimate of drug-likeness (QED) is 0.671. The average Bonchev–Trinajstić information content (AvgIpc) is 2.82. The van der Waals surface area contributed by atoms with E-state index in [-0.39, 0.29) is 5.28 Å². The molecule has 0 bridgehead atoms. The molecule has 0 aromatic carbocycles. The fourth-order valence-corrected chi connectivity index (χ4v) is 3.68. The number of hydrogen-bond donors (Lipinski definition) is 1. The number of nitrogens with zero attached hydrogens (tertiary/aromatic N) is 3. The molecule has 6 nitrogen and oxygen atoms in total. The van der Waals surface area contributed by atoms with Crippen LogP contribution in [0.5, 0.6) is 0 Å². The molecule has 3 rings (SSSR count). The number of fused-ring (bicyclic) bond motifs is 1. The first-order valence-electron chi connectivity index (χ1n) is 5.56. The number of ether oxygens (including phenoxy) is 1. The summed E-state index contributed by atoms with van der Waals surface area (Å²) in [5, 5.41) is 0.903. The lowest BCUT2D eigenvalue weighted by atomic mass is 10.3. The molecule has 3 heterocycles. The molecule has 2 aromatic heterocycles. The summed E-state index contributed by atoms with van der Waals surface area (Å²) in [6.07, 6.45) is 0. The minimum absolute atomic E-state index is 0.145. The summed E-state index contributed by atoms with van der Waals surface area (Å²) in [6.45, 7) is 2.70. The summed E-state index contributed by atoms with van der Waals surface area (Å²) < 4.78 is 26.0. The van der Waals surface area contributed by atoms with E-state index in [1.54, 1.807) is 6.07 Å². The molecule has 9 heteroatoms. The Bertz CT molecular complexity index is 642. The van der Waals surface area contributed by atoms with E-state index in [0.717, 1.165) is 29.8 Å². The molecular weight excluding hydrogens is 310 g/mol. The van der Waals surface area contributed by atoms with Gasteiger partial charge in [-0.05, 0) is 17.7 Å². The van der Waals surface area contributed by atoms with E-state index in [4.69, 9.17) is 20.9 Å². The highest BCUT2D eigenvalue weighted by atomic mass is 35.5. The van der Waals surface area contributed by atoms with Gasteiger partial charge in [-0.1, -0.05) is 0 Å². The van der Waals surface area contributed by atoms with Crippen molar-refractivity contribution < 1.29 is 13.5 Å². The van der Waals surface area contributed by atoms with Crippen LogP contribution < -0.4 is 4.90 Å². The van der Waals surface area contributed by atoms with Gasteiger partial charge in [-0.25, -0.2) is 9.19 Å². The van der Waals surface area contributed by atoms with Gasteiger partial charge < -0.3 is 14.2 Å². The van der Waals surface area contributed by atoms with E-state index in [1.165, 1.54) is 0 Å². The maximum Gasteiger partial charge on any atom is 0.225 e. The number of anilines is 1. The fourth-order valence-electron chi connectivity index (χ4n) is 1.96. The molecule has 0 spiro atoms. The van der Waals surface area contributed by atoms with Gasteiger partial charge in [0.05, 0.1) is 18.6 Å². The van der Waals surface area contributed by atoms with Gasteiger partial charge in [-0.2, -0.15) is 4.98 Å². The molecule has 19 heavy (non-hydrogen) atoms. The monoisotopic (exact) mass is 319 g/mol. The number of hydrogen-bond acceptors (Lipinski definition) is 6. The van der Waals surface area contributed by atoms with Crippen LogP contribution in [0.3, 0.4) is 0 Å². The van der Waals surface area contributed by atoms with Crippen molar-refractivity contribution in [2.45, 2.75) is 4.21 Å². The lowest BCUT2D eigenvalue weighted by Gasteiger charge is -2.28. The molecular formula is C10H10ClN3O3S2. The van der Waals surface area contributed by atoms with Crippen molar-refractivity contribution in [1.82, 2.24) is 9.97 Å².